The van der Waals surface area contributed by atoms with Crippen molar-refractivity contribution in [1.29, 1.82) is 0 Å². The highest BCUT2D eigenvalue weighted by molar-refractivity contribution is 6.32. The number of ketones is 4. The number of carbonyl (C=O) groups is 5. The molecule has 0 bridgehead atoms. The van der Waals surface area contributed by atoms with Crippen molar-refractivity contribution in [1.82, 2.24) is 4.90 Å². The van der Waals surface area contributed by atoms with Crippen molar-refractivity contribution in [3.05, 3.63) is 59.2 Å². The molecule has 2 aromatic carbocycles. The molecule has 2 unspecified atom stereocenters. The number of aliphatic hydroxyl groups excluding tert-OH is 1. The van der Waals surface area contributed by atoms with Gasteiger partial charge in [0, 0.05) is 43.4 Å². The van der Waals surface area contributed by atoms with Gasteiger partial charge < -0.3 is 26.4 Å². The fourth-order valence-corrected chi connectivity index (χ4v) is 8.65. The summed E-state index contributed by atoms with van der Waals surface area (Å²) in [6, 6.07) is 13.6. The van der Waals surface area contributed by atoms with Crippen LogP contribution in [0.2, 0.25) is 0 Å². The number of Topliss-reactive ketones (excluding diaryl/α,β-unsaturated/α-hetero) is 4. The van der Waals surface area contributed by atoms with E-state index in [2.05, 4.69) is 22.3 Å². The third-order valence-corrected chi connectivity index (χ3v) is 10.9. The number of fused-ring (bicyclic) bond motifs is 3. The highest BCUT2D eigenvalue weighted by atomic mass is 16.3. The van der Waals surface area contributed by atoms with E-state index < -0.39 is 82.2 Å². The van der Waals surface area contributed by atoms with Crippen LogP contribution in [0, 0.1) is 35.5 Å². The lowest BCUT2D eigenvalue weighted by Crippen LogP contribution is -2.75. The Kier molecular flexibility index (Phi) is 8.15. The van der Waals surface area contributed by atoms with Crippen LogP contribution in [-0.4, -0.2) is 80.1 Å². The third-order valence-electron chi connectivity index (χ3n) is 10.9. The van der Waals surface area contributed by atoms with Crippen molar-refractivity contribution in [2.24, 2.45) is 41.2 Å². The van der Waals surface area contributed by atoms with E-state index in [0.717, 1.165) is 32.5 Å². The maximum atomic E-state index is 14.2. The first-order chi connectivity index (χ1) is 21.8. The zero-order valence-corrected chi connectivity index (χ0v) is 26.2. The summed E-state index contributed by atoms with van der Waals surface area (Å²) in [6.45, 7) is 7.49. The molecule has 2 saturated carbocycles. The van der Waals surface area contributed by atoms with Crippen LogP contribution in [0.3, 0.4) is 0 Å². The van der Waals surface area contributed by atoms with Crippen LogP contribution in [0.5, 0.6) is 5.75 Å². The lowest BCUT2D eigenvalue weighted by Gasteiger charge is -2.55. The molecule has 1 heterocycles. The van der Waals surface area contributed by atoms with Crippen LogP contribution in [-0.2, 0) is 25.7 Å². The third kappa shape index (κ3) is 4.78. The van der Waals surface area contributed by atoms with E-state index in [-0.39, 0.29) is 17.4 Å². The van der Waals surface area contributed by atoms with Gasteiger partial charge in [0.15, 0.2) is 34.7 Å². The lowest BCUT2D eigenvalue weighted by molar-refractivity contribution is -0.198. The number of carbonyl (C=O) groups excluding carboxylic acids is 5. The number of rotatable bonds is 6. The highest BCUT2D eigenvalue weighted by Gasteiger charge is 2.72. The summed E-state index contributed by atoms with van der Waals surface area (Å²) in [6.07, 6.45) is -0.0119. The molecule has 6 N–H and O–H groups in total. The zero-order chi connectivity index (χ0) is 33.2. The quantitative estimate of drug-likeness (QED) is 0.232. The predicted octanol–water partition coefficient (Wildman–Crippen LogP) is 1.82. The topological polar surface area (TPSA) is 187 Å². The van der Waals surface area contributed by atoms with Gasteiger partial charge in [-0.15, -0.1) is 0 Å². The highest BCUT2D eigenvalue weighted by Crippen LogP contribution is 2.56. The van der Waals surface area contributed by atoms with Crippen molar-refractivity contribution in [2.75, 3.05) is 18.4 Å². The summed E-state index contributed by atoms with van der Waals surface area (Å²) in [5.41, 5.74) is 4.30. The summed E-state index contributed by atoms with van der Waals surface area (Å²) < 4.78 is 0. The van der Waals surface area contributed by atoms with Crippen LogP contribution < -0.4 is 11.1 Å². The Morgan fingerprint density at radius 1 is 1.04 bits per heavy atom. The lowest BCUT2D eigenvalue weighted by atomic mass is 9.47. The number of nitrogens with one attached hydrogen (secondary N) is 1. The second kappa shape index (κ2) is 11.7. The minimum atomic E-state index is -2.98. The number of phenols is 1. The van der Waals surface area contributed by atoms with E-state index in [1.807, 2.05) is 18.2 Å². The summed E-state index contributed by atoms with van der Waals surface area (Å²) in [7, 11) is 0. The Balaban J connectivity index is 1.29. The normalized spacial score (nSPS) is 33.4. The van der Waals surface area contributed by atoms with Crippen LogP contribution in [0.4, 0.5) is 5.69 Å². The number of phenolic OH excluding ortho intramolecular Hbond substituents is 1. The summed E-state index contributed by atoms with van der Waals surface area (Å²) >= 11 is 0. The molecule has 1 amide bonds. The second-order valence-electron chi connectivity index (χ2n) is 13.8. The molecule has 8 atom stereocenters. The number of primary amides is 1. The van der Waals surface area contributed by atoms with Crippen LogP contribution in [0.25, 0.3) is 0 Å². The first kappa shape index (κ1) is 32.0. The van der Waals surface area contributed by atoms with E-state index in [1.165, 1.54) is 5.56 Å². The van der Waals surface area contributed by atoms with E-state index in [1.54, 1.807) is 32.9 Å². The molecule has 2 aromatic rings. The van der Waals surface area contributed by atoms with Crippen molar-refractivity contribution in [3.63, 3.8) is 0 Å². The van der Waals surface area contributed by atoms with Crippen molar-refractivity contribution >= 4 is 34.7 Å². The SMILES string of the molecule is CC(C)[C@@H]1C(=O)C(C(N)=O)C(=O)[C@@]2(O)C(=O)C3C(=O)c4c(ccc(NC5CCN(Cc6ccccc6)CC5)c4O)[C@H](C)[C@H]3[C@H](O)[C@@H]12. The molecule has 6 rings (SSSR count). The predicted molar refractivity (Wildman–Crippen MR) is 167 cm³/mol. The standard InChI is InChI=1S/C35H41N3O8/c1-16(2)22-27-31(42)23-17(3)20-9-10-21(37-19-11-13-38(14-12-19)15-18-7-5-4-6-8-18)28(39)24(20)30(41)25(23)32(43)35(27,46)33(44)26(29(22)40)34(36)45/h4-10,16-17,19,22-23,25-27,31,37,39,42,46H,11-15H2,1-3H3,(H2,36,45)/t17-,22-,23+,25?,26?,27+,31-,35-/m0/s1. The number of nitrogens with zero attached hydrogens (tertiary/aromatic N) is 1. The van der Waals surface area contributed by atoms with E-state index >= 15 is 0 Å². The Bertz CT molecular complexity index is 1600. The van der Waals surface area contributed by atoms with Gasteiger partial charge in [-0.25, -0.2) is 0 Å². The van der Waals surface area contributed by atoms with Gasteiger partial charge in [-0.2, -0.15) is 0 Å². The molecular formula is C35H41N3O8. The Labute approximate surface area is 267 Å². The monoisotopic (exact) mass is 631 g/mol. The molecule has 0 aromatic heterocycles. The van der Waals surface area contributed by atoms with Crippen LogP contribution >= 0.6 is 0 Å². The Morgan fingerprint density at radius 2 is 1.70 bits per heavy atom. The van der Waals surface area contributed by atoms with Crippen molar-refractivity contribution in [2.45, 2.75) is 63.8 Å². The van der Waals surface area contributed by atoms with E-state index in [0.29, 0.717) is 11.3 Å². The smallest absolute Gasteiger partial charge is 0.235 e. The fourth-order valence-electron chi connectivity index (χ4n) is 8.65. The number of anilines is 1. The molecule has 11 nitrogen and oxygen atoms in total. The summed E-state index contributed by atoms with van der Waals surface area (Å²) in [5.74, 6) is -14.7. The van der Waals surface area contributed by atoms with E-state index in [4.69, 9.17) is 5.73 Å². The van der Waals surface area contributed by atoms with E-state index in [9.17, 15) is 39.3 Å². The Morgan fingerprint density at radius 3 is 2.30 bits per heavy atom. The Hall–Kier alpha value is -3.93. The number of amides is 1. The van der Waals surface area contributed by atoms with Gasteiger partial charge in [0.05, 0.1) is 23.3 Å². The molecule has 3 aliphatic carbocycles. The van der Waals surface area contributed by atoms with Gasteiger partial charge in [-0.1, -0.05) is 57.2 Å². The molecule has 1 aliphatic heterocycles. The van der Waals surface area contributed by atoms with Gasteiger partial charge in [0.25, 0.3) is 0 Å². The molecule has 0 spiro atoms. The van der Waals surface area contributed by atoms with Crippen LogP contribution in [0.1, 0.15) is 61.0 Å². The molecule has 46 heavy (non-hydrogen) atoms. The van der Waals surface area contributed by atoms with Gasteiger partial charge >= 0.3 is 0 Å². The molecule has 11 heteroatoms. The second-order valence-corrected chi connectivity index (χ2v) is 13.8. The number of benzene rings is 2. The number of likely N-dealkylation sites (tertiary alicyclic amines) is 1. The molecular weight excluding hydrogens is 590 g/mol. The number of aliphatic hydroxyl groups is 2. The van der Waals surface area contributed by atoms with Gasteiger partial charge in [0.1, 0.15) is 5.75 Å². The molecule has 3 fully saturated rings. The number of nitrogens with two attached hydrogens (primary N) is 1. The average molecular weight is 632 g/mol. The molecule has 4 aliphatic rings. The van der Waals surface area contributed by atoms with Gasteiger partial charge in [-0.05, 0) is 41.9 Å². The average Bonchev–Trinajstić information content (AvgIpc) is 3.01. The molecule has 244 valence electrons. The minimum Gasteiger partial charge on any atom is -0.505 e. The largest absolute Gasteiger partial charge is 0.505 e. The molecule has 1 saturated heterocycles. The molecule has 0 radical (unpaired) electrons. The van der Waals surface area contributed by atoms with Crippen molar-refractivity contribution in [3.8, 4) is 5.75 Å². The zero-order valence-electron chi connectivity index (χ0n) is 26.2. The maximum Gasteiger partial charge on any atom is 0.235 e. The first-order valence-electron chi connectivity index (χ1n) is 16.0. The minimum absolute atomic E-state index is 0.0236. The van der Waals surface area contributed by atoms with Gasteiger partial charge in [-0.3, -0.25) is 28.9 Å². The van der Waals surface area contributed by atoms with Crippen LogP contribution in [0.15, 0.2) is 42.5 Å². The summed E-state index contributed by atoms with van der Waals surface area (Å²) in [4.78, 5) is 69.8. The fraction of sp³-hybridized carbons (Fsp3) is 0.514. The number of aromatic hydroxyl groups is 1. The van der Waals surface area contributed by atoms with Gasteiger partial charge in [0.2, 0.25) is 5.91 Å². The first-order valence-corrected chi connectivity index (χ1v) is 16.0. The number of hydrogen-bond acceptors (Lipinski definition) is 10. The summed E-state index contributed by atoms with van der Waals surface area (Å²) in [5, 5.41) is 38.4. The number of piperidine rings is 1. The maximum absolute atomic E-state index is 14.2. The number of hydrogen-bond donors (Lipinski definition) is 5. The van der Waals surface area contributed by atoms with Crippen molar-refractivity contribution < 1.29 is 39.3 Å².